The molecule has 0 radical (unpaired) electrons. The quantitative estimate of drug-likeness (QED) is 0.559. The van der Waals surface area contributed by atoms with Crippen molar-refractivity contribution in [2.45, 2.75) is 12.2 Å². The van der Waals surface area contributed by atoms with E-state index in [0.29, 0.717) is 0 Å². The number of hydrogen-bond acceptors (Lipinski definition) is 2. The van der Waals surface area contributed by atoms with Crippen LogP contribution in [0.5, 0.6) is 0 Å². The van der Waals surface area contributed by atoms with Crippen molar-refractivity contribution in [3.8, 4) is 0 Å². The van der Waals surface area contributed by atoms with Crippen LogP contribution in [0.1, 0.15) is 11.3 Å². The summed E-state index contributed by atoms with van der Waals surface area (Å²) in [7, 11) is 2.02. The fraction of sp³-hybridized carbons (Fsp3) is 0.571. The summed E-state index contributed by atoms with van der Waals surface area (Å²) in [6.07, 6.45) is 3.20. The molecule has 0 unspecified atom stereocenters. The van der Waals surface area contributed by atoms with Crippen LogP contribution in [0.2, 0.25) is 0 Å². The monoisotopic (exact) mass is 154 g/mol. The maximum absolute atomic E-state index is 4.20. The van der Waals surface area contributed by atoms with E-state index in [9.17, 15) is 0 Å². The first-order valence-electron chi connectivity index (χ1n) is 3.45. The minimum atomic E-state index is 1.14. The molecule has 10 heavy (non-hydrogen) atoms. The highest BCUT2D eigenvalue weighted by atomic mass is 32.2. The molecule has 0 atom stereocenters. The predicted octanol–water partition coefficient (Wildman–Crippen LogP) is 1.21. The van der Waals surface area contributed by atoms with Crippen LogP contribution in [-0.4, -0.2) is 15.5 Å². The molecule has 0 amide bonds. The van der Waals surface area contributed by atoms with E-state index in [-0.39, 0.29) is 0 Å². The molecule has 0 fully saturated rings. The maximum Gasteiger partial charge on any atom is 0.0525 e. The second-order valence-electron chi connectivity index (χ2n) is 2.54. The van der Waals surface area contributed by atoms with Gasteiger partial charge in [-0.3, -0.25) is 4.68 Å². The Bertz CT molecular complexity index is 242. The van der Waals surface area contributed by atoms with Gasteiger partial charge in [0.25, 0.3) is 0 Å². The van der Waals surface area contributed by atoms with Crippen LogP contribution in [0, 0.1) is 0 Å². The van der Waals surface area contributed by atoms with Gasteiger partial charge < -0.3 is 0 Å². The standard InChI is InChI=1S/C7H10N2S/c1-9-7-5-10-3-2-6(7)4-8-9/h4H,2-3,5H2,1H3. The second-order valence-corrected chi connectivity index (χ2v) is 3.65. The highest BCUT2D eigenvalue weighted by Crippen LogP contribution is 2.22. The topological polar surface area (TPSA) is 17.8 Å². The lowest BCUT2D eigenvalue weighted by atomic mass is 10.2. The van der Waals surface area contributed by atoms with Crippen molar-refractivity contribution in [3.05, 3.63) is 17.5 Å². The van der Waals surface area contributed by atoms with Gasteiger partial charge in [0.2, 0.25) is 0 Å². The zero-order valence-electron chi connectivity index (χ0n) is 6.00. The van der Waals surface area contributed by atoms with E-state index in [0.717, 1.165) is 5.75 Å². The van der Waals surface area contributed by atoms with Crippen LogP contribution in [0.4, 0.5) is 0 Å². The molecule has 1 aliphatic heterocycles. The Kier molecular flexibility index (Phi) is 1.45. The van der Waals surface area contributed by atoms with E-state index < -0.39 is 0 Å². The molecule has 0 saturated heterocycles. The molecule has 3 heteroatoms. The maximum atomic E-state index is 4.20. The third-order valence-electron chi connectivity index (χ3n) is 1.90. The van der Waals surface area contributed by atoms with Crippen molar-refractivity contribution in [3.63, 3.8) is 0 Å². The Morgan fingerprint density at radius 3 is 3.40 bits per heavy atom. The number of fused-ring (bicyclic) bond motifs is 1. The van der Waals surface area contributed by atoms with Gasteiger partial charge in [-0.25, -0.2) is 0 Å². The first-order chi connectivity index (χ1) is 4.88. The van der Waals surface area contributed by atoms with Crippen LogP contribution < -0.4 is 0 Å². The molecule has 1 aromatic heterocycles. The van der Waals surface area contributed by atoms with E-state index >= 15 is 0 Å². The Balaban J connectivity index is 2.45. The van der Waals surface area contributed by atoms with E-state index in [4.69, 9.17) is 0 Å². The SMILES string of the molecule is Cn1ncc2c1CSCC2. The molecule has 2 nitrogen and oxygen atoms in total. The minimum Gasteiger partial charge on any atom is -0.272 e. The van der Waals surface area contributed by atoms with Gasteiger partial charge in [0.15, 0.2) is 0 Å². The summed E-state index contributed by atoms with van der Waals surface area (Å²) in [5, 5.41) is 4.20. The molecule has 54 valence electrons. The Labute approximate surface area is 64.6 Å². The predicted molar refractivity (Wildman–Crippen MR) is 43.1 cm³/mol. The smallest absolute Gasteiger partial charge is 0.0525 e. The molecule has 0 aromatic carbocycles. The number of hydrogen-bond donors (Lipinski definition) is 0. The molecule has 0 spiro atoms. The van der Waals surface area contributed by atoms with E-state index in [1.54, 1.807) is 0 Å². The van der Waals surface area contributed by atoms with Gasteiger partial charge in [0.1, 0.15) is 0 Å². The summed E-state index contributed by atoms with van der Waals surface area (Å²) in [4.78, 5) is 0. The Hall–Kier alpha value is -0.440. The van der Waals surface area contributed by atoms with E-state index in [1.165, 1.54) is 23.4 Å². The van der Waals surface area contributed by atoms with Crippen molar-refractivity contribution in [2.24, 2.45) is 7.05 Å². The molecular weight excluding hydrogens is 144 g/mol. The van der Waals surface area contributed by atoms with Crippen LogP contribution in [0.25, 0.3) is 0 Å². The molecule has 0 saturated carbocycles. The van der Waals surface area contributed by atoms with Gasteiger partial charge in [-0.2, -0.15) is 16.9 Å². The molecule has 0 N–H and O–H groups in total. The average Bonchev–Trinajstić information content (AvgIpc) is 2.34. The van der Waals surface area contributed by atoms with Gasteiger partial charge in [-0.05, 0) is 17.7 Å². The Morgan fingerprint density at radius 1 is 1.70 bits per heavy atom. The van der Waals surface area contributed by atoms with Crippen molar-refractivity contribution in [1.82, 2.24) is 9.78 Å². The third kappa shape index (κ3) is 0.850. The number of aromatic nitrogens is 2. The molecule has 2 heterocycles. The van der Waals surface area contributed by atoms with Gasteiger partial charge in [0.05, 0.1) is 11.9 Å². The summed E-state index contributed by atoms with van der Waals surface area (Å²) < 4.78 is 1.99. The lowest BCUT2D eigenvalue weighted by Gasteiger charge is -2.10. The lowest BCUT2D eigenvalue weighted by Crippen LogP contribution is -2.04. The summed E-state index contributed by atoms with van der Waals surface area (Å²) >= 11 is 2.00. The number of thioether (sulfide) groups is 1. The zero-order valence-corrected chi connectivity index (χ0v) is 6.82. The normalized spacial score (nSPS) is 16.9. The van der Waals surface area contributed by atoms with Crippen LogP contribution in [0.15, 0.2) is 6.20 Å². The van der Waals surface area contributed by atoms with Crippen LogP contribution in [-0.2, 0) is 19.2 Å². The second kappa shape index (κ2) is 2.31. The lowest BCUT2D eigenvalue weighted by molar-refractivity contribution is 0.732. The molecule has 0 aliphatic carbocycles. The van der Waals surface area contributed by atoms with Gasteiger partial charge in [0, 0.05) is 12.8 Å². The van der Waals surface area contributed by atoms with Crippen molar-refractivity contribution >= 4 is 11.8 Å². The highest BCUT2D eigenvalue weighted by Gasteiger charge is 2.12. The Morgan fingerprint density at radius 2 is 2.60 bits per heavy atom. The molecule has 1 aromatic rings. The van der Waals surface area contributed by atoms with Crippen molar-refractivity contribution in [1.29, 1.82) is 0 Å². The van der Waals surface area contributed by atoms with Gasteiger partial charge in [-0.15, -0.1) is 0 Å². The van der Waals surface area contributed by atoms with Crippen LogP contribution in [0.3, 0.4) is 0 Å². The van der Waals surface area contributed by atoms with Crippen LogP contribution >= 0.6 is 11.8 Å². The van der Waals surface area contributed by atoms with Gasteiger partial charge in [-0.1, -0.05) is 0 Å². The minimum absolute atomic E-state index is 1.14. The molecule has 0 bridgehead atoms. The third-order valence-corrected chi connectivity index (χ3v) is 2.87. The van der Waals surface area contributed by atoms with Crippen molar-refractivity contribution in [2.75, 3.05) is 5.75 Å². The summed E-state index contributed by atoms with van der Waals surface area (Å²) in [6, 6.07) is 0. The van der Waals surface area contributed by atoms with E-state index in [1.807, 2.05) is 29.7 Å². The largest absolute Gasteiger partial charge is 0.272 e. The zero-order chi connectivity index (χ0) is 6.97. The van der Waals surface area contributed by atoms with Crippen molar-refractivity contribution < 1.29 is 0 Å². The fourth-order valence-electron chi connectivity index (χ4n) is 1.25. The first kappa shape index (κ1) is 6.28. The summed E-state index contributed by atoms with van der Waals surface area (Å²) in [5.41, 5.74) is 2.86. The van der Waals surface area contributed by atoms with E-state index in [2.05, 4.69) is 5.10 Å². The number of rotatable bonds is 0. The average molecular weight is 154 g/mol. The highest BCUT2D eigenvalue weighted by molar-refractivity contribution is 7.98. The summed E-state index contributed by atoms with van der Waals surface area (Å²) in [6.45, 7) is 0. The molecule has 1 aliphatic rings. The number of aryl methyl sites for hydroxylation is 2. The molecule has 2 rings (SSSR count). The fourth-order valence-corrected chi connectivity index (χ4v) is 2.33. The summed E-state index contributed by atoms with van der Waals surface area (Å²) in [5.74, 6) is 2.41. The molecular formula is C7H10N2S. The first-order valence-corrected chi connectivity index (χ1v) is 4.61. The van der Waals surface area contributed by atoms with Gasteiger partial charge >= 0.3 is 0 Å². The number of nitrogens with zero attached hydrogens (tertiary/aromatic N) is 2.